The number of nitrogens with zero attached hydrogens (tertiary/aromatic N) is 3. The highest BCUT2D eigenvalue weighted by molar-refractivity contribution is 7.91. The lowest BCUT2D eigenvalue weighted by atomic mass is 9.84. The van der Waals surface area contributed by atoms with Crippen molar-refractivity contribution >= 4 is 32.8 Å². The molecular weight excluding hydrogens is 586 g/mol. The van der Waals surface area contributed by atoms with Crippen LogP contribution in [0.15, 0.2) is 82.6 Å². The van der Waals surface area contributed by atoms with Crippen LogP contribution in [0.3, 0.4) is 0 Å². The maximum atomic E-state index is 13.1. The van der Waals surface area contributed by atoms with Crippen molar-refractivity contribution in [3.63, 3.8) is 0 Å². The maximum Gasteiger partial charge on any atom is 0.336 e. The molecule has 232 valence electrons. The molecule has 0 aliphatic rings. The number of carbonyl (C=O) groups is 2. The van der Waals surface area contributed by atoms with Gasteiger partial charge in [-0.3, -0.25) is 4.79 Å². The fraction of sp³-hybridized carbons (Fsp3) is 0.312. The molecule has 0 aliphatic heterocycles. The molecule has 11 nitrogen and oxygen atoms in total. The fourth-order valence-corrected chi connectivity index (χ4v) is 5.61. The highest BCUT2D eigenvalue weighted by atomic mass is 32.2. The molecule has 2 unspecified atom stereocenters. The quantitative estimate of drug-likeness (QED) is 0.146. The Bertz CT molecular complexity index is 1820. The van der Waals surface area contributed by atoms with Crippen LogP contribution >= 0.6 is 0 Å². The highest BCUT2D eigenvalue weighted by Crippen LogP contribution is 2.37. The van der Waals surface area contributed by atoms with Crippen molar-refractivity contribution in [3.05, 3.63) is 83.9 Å². The molecule has 2 N–H and O–H groups in total. The molecule has 2 atom stereocenters. The van der Waals surface area contributed by atoms with Gasteiger partial charge in [0.2, 0.25) is 9.84 Å². The lowest BCUT2D eigenvalue weighted by molar-refractivity contribution is -0.202. The summed E-state index contributed by atoms with van der Waals surface area (Å²) in [6.45, 7) is 12.0. The number of aliphatic hydroxyl groups is 1. The number of hydrogen-bond acceptors (Lipinski definition) is 10. The highest BCUT2D eigenvalue weighted by Gasteiger charge is 2.26. The molecule has 0 aliphatic carbocycles. The Morgan fingerprint density at radius 3 is 2.25 bits per heavy atom. The van der Waals surface area contributed by atoms with Crippen molar-refractivity contribution in [2.75, 3.05) is 0 Å². The topological polar surface area (TPSA) is 158 Å². The number of ether oxygens (including phenoxy) is 2. The van der Waals surface area contributed by atoms with Crippen molar-refractivity contribution in [1.82, 2.24) is 15.0 Å². The third-order valence-electron chi connectivity index (χ3n) is 6.72. The van der Waals surface area contributed by atoms with E-state index in [1.807, 2.05) is 20.8 Å². The van der Waals surface area contributed by atoms with Crippen molar-refractivity contribution in [3.8, 4) is 11.4 Å². The molecule has 0 amide bonds. The molecule has 4 aromatic rings. The van der Waals surface area contributed by atoms with Gasteiger partial charge in [0.25, 0.3) is 6.29 Å². The van der Waals surface area contributed by atoms with Crippen LogP contribution in [0.4, 0.5) is 0 Å². The van der Waals surface area contributed by atoms with Gasteiger partial charge in [-0.15, -0.1) is 15.0 Å². The van der Waals surface area contributed by atoms with Crippen LogP contribution in [0.25, 0.3) is 16.7 Å². The lowest BCUT2D eigenvalue weighted by Gasteiger charge is -2.23. The summed E-state index contributed by atoms with van der Waals surface area (Å²) in [6, 6.07) is 15.9. The van der Waals surface area contributed by atoms with Gasteiger partial charge in [0.15, 0.2) is 0 Å². The number of rotatable bonds is 10. The van der Waals surface area contributed by atoms with Gasteiger partial charge in [-0.2, -0.15) is 0 Å². The van der Waals surface area contributed by atoms with E-state index in [-0.39, 0.29) is 39.6 Å². The fourth-order valence-electron chi connectivity index (χ4n) is 4.31. The first kappa shape index (κ1) is 32.4. The van der Waals surface area contributed by atoms with Gasteiger partial charge < -0.3 is 19.7 Å². The van der Waals surface area contributed by atoms with Crippen molar-refractivity contribution in [1.29, 1.82) is 0 Å². The van der Waals surface area contributed by atoms with E-state index in [0.29, 0.717) is 22.2 Å². The molecule has 44 heavy (non-hydrogen) atoms. The first-order chi connectivity index (χ1) is 20.6. The van der Waals surface area contributed by atoms with Gasteiger partial charge in [0.1, 0.15) is 28.6 Å². The van der Waals surface area contributed by atoms with Crippen LogP contribution in [0, 0.1) is 0 Å². The molecule has 0 saturated carbocycles. The number of phenols is 1. The zero-order valence-corrected chi connectivity index (χ0v) is 26.0. The number of carbonyl (C=O) groups excluding carboxylic acids is 2. The van der Waals surface area contributed by atoms with Crippen LogP contribution in [-0.4, -0.2) is 58.0 Å². The summed E-state index contributed by atoms with van der Waals surface area (Å²) in [7, 11) is -3.79. The summed E-state index contributed by atoms with van der Waals surface area (Å²) in [6.07, 6.45) is -2.71. The van der Waals surface area contributed by atoms with Crippen LogP contribution in [-0.2, 0) is 40.7 Å². The van der Waals surface area contributed by atoms with Crippen molar-refractivity contribution < 1.29 is 37.7 Å². The molecule has 3 aromatic carbocycles. The average molecular weight is 622 g/mol. The van der Waals surface area contributed by atoms with E-state index in [4.69, 9.17) is 9.47 Å². The number of hydrogen-bond donors (Lipinski definition) is 2. The molecule has 0 bridgehead atoms. The zero-order chi connectivity index (χ0) is 32.4. The molecule has 12 heteroatoms. The van der Waals surface area contributed by atoms with Crippen molar-refractivity contribution in [2.45, 2.75) is 75.1 Å². The first-order valence-corrected chi connectivity index (χ1v) is 15.3. The minimum atomic E-state index is -3.79. The van der Waals surface area contributed by atoms with Crippen LogP contribution in [0.2, 0.25) is 0 Å². The largest absolute Gasteiger partial charge is 0.505 e. The number of fused-ring (bicyclic) bond motifs is 1. The Labute approximate surface area is 255 Å². The van der Waals surface area contributed by atoms with E-state index >= 15 is 0 Å². The molecule has 0 spiro atoms. The van der Waals surface area contributed by atoms with Crippen LogP contribution in [0.5, 0.6) is 5.75 Å². The predicted octanol–water partition coefficient (Wildman–Crippen LogP) is 4.56. The first-order valence-electron chi connectivity index (χ1n) is 13.9. The van der Waals surface area contributed by atoms with Gasteiger partial charge in [-0.1, -0.05) is 51.6 Å². The van der Waals surface area contributed by atoms with E-state index in [2.05, 4.69) is 16.8 Å². The number of aryl methyl sites for hydroxylation is 1. The van der Waals surface area contributed by atoms with E-state index in [1.54, 1.807) is 36.4 Å². The summed E-state index contributed by atoms with van der Waals surface area (Å²) in [4.78, 5) is 25.9. The Morgan fingerprint density at radius 1 is 0.977 bits per heavy atom. The third-order valence-corrected chi connectivity index (χ3v) is 8.49. The number of aliphatic hydroxyl groups excluding tert-OH is 1. The average Bonchev–Trinajstić information content (AvgIpc) is 3.39. The van der Waals surface area contributed by atoms with Crippen LogP contribution < -0.4 is 0 Å². The number of phenolic OH excluding ortho intramolecular Hbond substituents is 1. The van der Waals surface area contributed by atoms with Crippen molar-refractivity contribution in [2.24, 2.45) is 0 Å². The number of aromatic hydroxyl groups is 1. The second kappa shape index (κ2) is 12.6. The van der Waals surface area contributed by atoms with E-state index in [0.717, 1.165) is 0 Å². The normalized spacial score (nSPS) is 13.3. The van der Waals surface area contributed by atoms with E-state index in [9.17, 15) is 28.2 Å². The van der Waals surface area contributed by atoms with E-state index in [1.165, 1.54) is 42.9 Å². The molecule has 1 heterocycles. The lowest BCUT2D eigenvalue weighted by Crippen LogP contribution is -2.34. The SMILES string of the molecule is C=C(C)C(=O)OC(OC(=O)CCc1cc(-n2nc3ccc(S(=O)(=O)c4ccccc4)cc3n2)c(O)c(C(C)(C)C)c1)C(C)O. The van der Waals surface area contributed by atoms with Gasteiger partial charge >= 0.3 is 11.9 Å². The van der Waals surface area contributed by atoms with Gasteiger partial charge in [0, 0.05) is 17.6 Å². The number of benzene rings is 3. The summed E-state index contributed by atoms with van der Waals surface area (Å²) < 4.78 is 36.5. The Balaban J connectivity index is 1.64. The molecule has 1 aromatic heterocycles. The molecule has 0 saturated heterocycles. The third kappa shape index (κ3) is 7.14. The standard InChI is InChI=1S/C32H35N3O8S/c1-19(2)30(39)43-31(20(3)36)42-28(37)15-12-21-16-24(32(4,5)6)29(38)27(17-21)35-33-25-14-13-23(18-26(25)34-35)44(40,41)22-10-8-7-9-11-22/h7-11,13-14,16-18,20,31,36,38H,1,12,15H2,2-6H3. The molecular formula is C32H35N3O8S. The van der Waals surface area contributed by atoms with Gasteiger partial charge in [-0.05, 0) is 67.6 Å². The van der Waals surface area contributed by atoms with E-state index < -0.39 is 39.6 Å². The predicted molar refractivity (Wildman–Crippen MR) is 162 cm³/mol. The van der Waals surface area contributed by atoms with Gasteiger partial charge in [-0.25, -0.2) is 13.2 Å². The number of sulfone groups is 1. The second-order valence-electron chi connectivity index (χ2n) is 11.5. The Kier molecular flexibility index (Phi) is 9.26. The Hall–Kier alpha value is -4.55. The minimum absolute atomic E-state index is 0.0551. The molecule has 4 rings (SSSR count). The summed E-state index contributed by atoms with van der Waals surface area (Å²) >= 11 is 0. The number of esters is 2. The maximum absolute atomic E-state index is 13.1. The summed E-state index contributed by atoms with van der Waals surface area (Å²) in [5.74, 6) is -1.58. The smallest absolute Gasteiger partial charge is 0.336 e. The Morgan fingerprint density at radius 2 is 1.64 bits per heavy atom. The van der Waals surface area contributed by atoms with Gasteiger partial charge in [0.05, 0.1) is 9.79 Å². The summed E-state index contributed by atoms with van der Waals surface area (Å²) in [5, 5.41) is 30.1. The minimum Gasteiger partial charge on any atom is -0.505 e. The molecule has 0 radical (unpaired) electrons. The summed E-state index contributed by atoms with van der Waals surface area (Å²) in [5.41, 5.74) is 1.77. The van der Waals surface area contributed by atoms with Crippen LogP contribution in [0.1, 0.15) is 52.2 Å². The number of aromatic nitrogens is 3. The monoisotopic (exact) mass is 621 g/mol. The molecule has 0 fully saturated rings. The zero-order valence-electron chi connectivity index (χ0n) is 25.1. The second-order valence-corrected chi connectivity index (χ2v) is 13.5.